The molecular formula is C12H25Si+. The lowest BCUT2D eigenvalue weighted by Gasteiger charge is -2.41. The van der Waals surface area contributed by atoms with E-state index in [9.17, 15) is 0 Å². The zero-order valence-corrected chi connectivity index (χ0v) is 11.1. The summed E-state index contributed by atoms with van der Waals surface area (Å²) in [5, 5.41) is 0. The third kappa shape index (κ3) is 2.42. The van der Waals surface area contributed by atoms with E-state index in [-0.39, 0.29) is 0 Å². The van der Waals surface area contributed by atoms with Crippen molar-refractivity contribution in [1.29, 1.82) is 0 Å². The van der Waals surface area contributed by atoms with Gasteiger partial charge in [-0.05, 0) is 0 Å². The molecule has 0 nitrogen and oxygen atoms in total. The Morgan fingerprint density at radius 3 is 1.31 bits per heavy atom. The van der Waals surface area contributed by atoms with Crippen LogP contribution < -0.4 is 0 Å². The van der Waals surface area contributed by atoms with Crippen molar-refractivity contribution in [3.8, 4) is 0 Å². The predicted molar refractivity (Wildman–Crippen MR) is 64.7 cm³/mol. The molecule has 0 amide bonds. The minimum Gasteiger partial charge on any atom is -0.0651 e. The standard InChI is InChI=1S/C12H25Si/c1-8-9-13(10(2)3,11(4)5)12(6)7/h1,8,10-12H,9H2,2-7H3/q+1. The molecule has 0 aromatic heterocycles. The van der Waals surface area contributed by atoms with Crippen molar-refractivity contribution in [3.63, 3.8) is 0 Å². The van der Waals surface area contributed by atoms with E-state index >= 15 is 0 Å². The lowest BCUT2D eigenvalue weighted by atomic mass is 10.5. The average molecular weight is 197 g/mol. The lowest BCUT2D eigenvalue weighted by Crippen LogP contribution is -2.43. The summed E-state index contributed by atoms with van der Waals surface area (Å²) in [5.41, 5.74) is 2.48. The van der Waals surface area contributed by atoms with Gasteiger partial charge in [-0.1, -0.05) is 58.2 Å². The molecule has 1 heteroatoms. The monoisotopic (exact) mass is 197 g/mol. The smallest absolute Gasteiger partial charge is 0.0651 e. The molecule has 0 spiro atoms. The largest absolute Gasteiger partial charge is 0.201 e. The average Bonchev–Trinajstić information content (AvgIpc) is 1.97. The van der Waals surface area contributed by atoms with E-state index in [0.29, 0.717) is 0 Å². The van der Waals surface area contributed by atoms with Crippen molar-refractivity contribution in [2.45, 2.75) is 64.2 Å². The molecule has 0 heterocycles. The summed E-state index contributed by atoms with van der Waals surface area (Å²) in [7, 11) is -1.21. The van der Waals surface area contributed by atoms with Gasteiger partial charge in [0, 0.05) is 6.04 Å². The quantitative estimate of drug-likeness (QED) is 0.444. The zero-order chi connectivity index (χ0) is 10.6. The van der Waals surface area contributed by atoms with Gasteiger partial charge >= 0.3 is 0 Å². The summed E-state index contributed by atoms with van der Waals surface area (Å²) in [6.07, 6.45) is 1.90. The Labute approximate surface area is 85.4 Å². The molecule has 0 rings (SSSR count). The molecule has 76 valence electrons. The van der Waals surface area contributed by atoms with Gasteiger partial charge in [0.1, 0.15) is 6.08 Å². The Kier molecular flexibility index (Phi) is 4.88. The fraction of sp³-hybridized carbons (Fsp3) is 0.833. The number of rotatable bonds is 5. The van der Waals surface area contributed by atoms with Crippen LogP contribution in [0.3, 0.4) is 0 Å². The molecule has 0 saturated heterocycles. The third-order valence-electron chi connectivity index (χ3n) is 3.70. The molecule has 0 atom stereocenters. The highest BCUT2D eigenvalue weighted by Gasteiger charge is 2.42. The third-order valence-corrected chi connectivity index (χ3v) is 11.1. The Balaban J connectivity index is 4.92. The molecule has 0 fully saturated rings. The van der Waals surface area contributed by atoms with Gasteiger partial charge < -0.3 is 0 Å². The molecule has 0 aliphatic rings. The topological polar surface area (TPSA) is 0 Å². The first-order valence-corrected chi connectivity index (χ1v) is 7.86. The Morgan fingerprint density at radius 2 is 1.23 bits per heavy atom. The maximum atomic E-state index is 5.64. The van der Waals surface area contributed by atoms with Crippen LogP contribution in [-0.2, 0) is 0 Å². The van der Waals surface area contributed by atoms with Crippen molar-refractivity contribution in [3.05, 3.63) is 12.7 Å². The zero-order valence-electron chi connectivity index (χ0n) is 10.1. The van der Waals surface area contributed by atoms with Gasteiger partial charge in [0.2, 0.25) is 6.58 Å². The second-order valence-electron chi connectivity index (χ2n) is 5.02. The first-order valence-electron chi connectivity index (χ1n) is 5.43. The normalized spacial score (nSPS) is 12.9. The second kappa shape index (κ2) is 4.93. The Hall–Kier alpha value is -0.133. The highest BCUT2D eigenvalue weighted by molar-refractivity contribution is 6.83. The van der Waals surface area contributed by atoms with E-state index in [2.05, 4.69) is 41.5 Å². The molecule has 0 aromatic carbocycles. The SMILES string of the molecule is [CH+]=CC[Si](C(C)C)(C(C)C)C(C)C. The second-order valence-corrected chi connectivity index (χ2v) is 11.1. The van der Waals surface area contributed by atoms with Crippen molar-refractivity contribution in [2.75, 3.05) is 0 Å². The Bertz CT molecular complexity index is 135. The van der Waals surface area contributed by atoms with E-state index in [1.54, 1.807) is 0 Å². The molecule has 0 N–H and O–H groups in total. The number of hydrogen-bond donors (Lipinski definition) is 0. The van der Waals surface area contributed by atoms with Gasteiger partial charge in [0.05, 0.1) is 8.07 Å². The van der Waals surface area contributed by atoms with Crippen LogP contribution in [0.1, 0.15) is 41.5 Å². The summed E-state index contributed by atoms with van der Waals surface area (Å²) in [6.45, 7) is 19.9. The summed E-state index contributed by atoms with van der Waals surface area (Å²) in [5.74, 6) is 0. The van der Waals surface area contributed by atoms with Crippen LogP contribution in [0.4, 0.5) is 0 Å². The summed E-state index contributed by atoms with van der Waals surface area (Å²) < 4.78 is 0. The molecule has 0 aliphatic heterocycles. The summed E-state index contributed by atoms with van der Waals surface area (Å²) >= 11 is 0. The van der Waals surface area contributed by atoms with E-state index in [0.717, 1.165) is 16.6 Å². The first-order chi connectivity index (χ1) is 5.89. The van der Waals surface area contributed by atoms with Gasteiger partial charge in [-0.3, -0.25) is 0 Å². The molecule has 0 saturated carbocycles. The summed E-state index contributed by atoms with van der Waals surface area (Å²) in [6, 6.07) is 1.17. The molecule has 0 radical (unpaired) electrons. The fourth-order valence-corrected chi connectivity index (χ4v) is 8.73. The van der Waals surface area contributed by atoms with E-state index < -0.39 is 8.07 Å². The van der Waals surface area contributed by atoms with Gasteiger partial charge in [-0.15, -0.1) is 0 Å². The van der Waals surface area contributed by atoms with Crippen LogP contribution >= 0.6 is 0 Å². The summed E-state index contributed by atoms with van der Waals surface area (Å²) in [4.78, 5) is 0. The molecule has 0 bridgehead atoms. The predicted octanol–water partition coefficient (Wildman–Crippen LogP) is 4.65. The van der Waals surface area contributed by atoms with Crippen molar-refractivity contribution < 1.29 is 0 Å². The minimum atomic E-state index is -1.21. The number of hydrogen-bond acceptors (Lipinski definition) is 0. The minimum absolute atomic E-state index is 0.826. The Morgan fingerprint density at radius 1 is 0.923 bits per heavy atom. The highest BCUT2D eigenvalue weighted by Crippen LogP contribution is 2.44. The van der Waals surface area contributed by atoms with E-state index in [4.69, 9.17) is 6.58 Å². The van der Waals surface area contributed by atoms with Crippen molar-refractivity contribution >= 4 is 8.07 Å². The fourth-order valence-electron chi connectivity index (χ4n) is 2.91. The molecule has 0 unspecified atom stereocenters. The molecular weight excluding hydrogens is 172 g/mol. The van der Waals surface area contributed by atoms with E-state index in [1.807, 2.05) is 6.08 Å². The maximum Gasteiger partial charge on any atom is 0.201 e. The van der Waals surface area contributed by atoms with Crippen LogP contribution in [-0.4, -0.2) is 8.07 Å². The van der Waals surface area contributed by atoms with Crippen LogP contribution in [0.25, 0.3) is 0 Å². The first kappa shape index (κ1) is 12.9. The highest BCUT2D eigenvalue weighted by atomic mass is 28.3. The van der Waals surface area contributed by atoms with Crippen LogP contribution in [0.5, 0.6) is 0 Å². The van der Waals surface area contributed by atoms with Gasteiger partial charge in [-0.2, -0.15) is 0 Å². The van der Waals surface area contributed by atoms with Gasteiger partial charge in [-0.25, -0.2) is 0 Å². The van der Waals surface area contributed by atoms with Crippen molar-refractivity contribution in [2.24, 2.45) is 0 Å². The van der Waals surface area contributed by atoms with Crippen LogP contribution in [0.15, 0.2) is 6.08 Å². The van der Waals surface area contributed by atoms with Crippen molar-refractivity contribution in [1.82, 2.24) is 0 Å². The molecule has 13 heavy (non-hydrogen) atoms. The van der Waals surface area contributed by atoms with Gasteiger partial charge in [0.25, 0.3) is 0 Å². The van der Waals surface area contributed by atoms with Crippen LogP contribution in [0.2, 0.25) is 22.7 Å². The van der Waals surface area contributed by atoms with E-state index in [1.165, 1.54) is 6.04 Å². The molecule has 0 aromatic rings. The van der Waals surface area contributed by atoms with Gasteiger partial charge in [0.15, 0.2) is 0 Å². The maximum absolute atomic E-state index is 5.64. The number of allylic oxidation sites excluding steroid dienone is 1. The lowest BCUT2D eigenvalue weighted by molar-refractivity contribution is 0.811. The van der Waals surface area contributed by atoms with Crippen LogP contribution in [0, 0.1) is 6.58 Å². The molecule has 0 aliphatic carbocycles.